The van der Waals surface area contributed by atoms with E-state index in [9.17, 15) is 5.26 Å². The number of hydrogen-bond donors (Lipinski definition) is 0. The summed E-state index contributed by atoms with van der Waals surface area (Å²) < 4.78 is 2.30. The average Bonchev–Trinajstić information content (AvgIpc) is 3.46. The molecule has 2 aromatic heterocycles. The van der Waals surface area contributed by atoms with Gasteiger partial charge in [-0.2, -0.15) is 5.26 Å². The van der Waals surface area contributed by atoms with E-state index in [1.54, 1.807) is 22.7 Å². The van der Waals surface area contributed by atoms with Crippen LogP contribution in [0.3, 0.4) is 0 Å². The van der Waals surface area contributed by atoms with Gasteiger partial charge in [-0.15, -0.1) is 22.7 Å². The molecule has 36 heavy (non-hydrogen) atoms. The maximum Gasteiger partial charge on any atom is 0.135 e. The van der Waals surface area contributed by atoms with Crippen molar-refractivity contribution in [2.24, 2.45) is 0 Å². The molecule has 6 rings (SSSR count). The Bertz CT molecular complexity index is 1720. The van der Waals surface area contributed by atoms with Gasteiger partial charge >= 0.3 is 0 Å². The van der Waals surface area contributed by atoms with E-state index in [1.165, 1.54) is 4.70 Å². The number of thiazole rings is 2. The highest BCUT2D eigenvalue weighted by molar-refractivity contribution is 7.19. The molecule has 0 saturated heterocycles. The number of aromatic nitrogens is 2. The molecule has 6 heteroatoms. The summed E-state index contributed by atoms with van der Waals surface area (Å²) in [7, 11) is 0. The van der Waals surface area contributed by atoms with Crippen molar-refractivity contribution in [1.82, 2.24) is 9.97 Å². The van der Waals surface area contributed by atoms with Crippen LogP contribution in [0, 0.1) is 18.3 Å². The first-order chi connectivity index (χ1) is 17.5. The predicted molar refractivity (Wildman–Crippen MR) is 152 cm³/mol. The van der Waals surface area contributed by atoms with Gasteiger partial charge < -0.3 is 4.90 Å². The lowest BCUT2D eigenvalue weighted by atomic mass is 10.0. The Labute approximate surface area is 217 Å². The van der Waals surface area contributed by atoms with Crippen LogP contribution in [0.5, 0.6) is 0 Å². The van der Waals surface area contributed by atoms with Gasteiger partial charge in [0.2, 0.25) is 0 Å². The molecular formula is C30H22N4S2. The molecule has 0 unspecified atom stereocenters. The largest absolute Gasteiger partial charge is 0.318 e. The highest BCUT2D eigenvalue weighted by Crippen LogP contribution is 2.36. The number of hydrogen-bond acceptors (Lipinski definition) is 6. The smallest absolute Gasteiger partial charge is 0.135 e. The zero-order chi connectivity index (χ0) is 24.8. The Hall–Kier alpha value is -4.05. The van der Waals surface area contributed by atoms with Crippen molar-refractivity contribution in [3.8, 4) is 17.2 Å². The van der Waals surface area contributed by atoms with Crippen LogP contribution in [-0.2, 0) is 0 Å². The van der Waals surface area contributed by atoms with Gasteiger partial charge in [0.1, 0.15) is 11.1 Å². The van der Waals surface area contributed by atoms with Gasteiger partial charge in [0.05, 0.1) is 31.0 Å². The van der Waals surface area contributed by atoms with Crippen LogP contribution in [0.1, 0.15) is 23.9 Å². The molecular weight excluding hydrogens is 480 g/mol. The molecule has 0 spiro atoms. The van der Waals surface area contributed by atoms with Crippen molar-refractivity contribution in [2.75, 3.05) is 4.90 Å². The molecule has 174 valence electrons. The minimum Gasteiger partial charge on any atom is -0.318 e. The van der Waals surface area contributed by atoms with E-state index in [-0.39, 0.29) is 0 Å². The van der Waals surface area contributed by atoms with Crippen LogP contribution in [0.4, 0.5) is 5.69 Å². The van der Waals surface area contributed by atoms with Crippen molar-refractivity contribution in [1.29, 1.82) is 5.26 Å². The Morgan fingerprint density at radius 3 is 2.19 bits per heavy atom. The van der Waals surface area contributed by atoms with Gasteiger partial charge in [-0.05, 0) is 86.0 Å². The third-order valence-corrected chi connectivity index (χ3v) is 8.30. The van der Waals surface area contributed by atoms with Crippen molar-refractivity contribution in [3.63, 3.8) is 0 Å². The van der Waals surface area contributed by atoms with Gasteiger partial charge in [-0.25, -0.2) is 9.97 Å². The van der Waals surface area contributed by atoms with Crippen LogP contribution >= 0.6 is 22.7 Å². The minimum atomic E-state index is 0.609. The average molecular weight is 503 g/mol. The second-order valence-electron chi connectivity index (χ2n) is 8.80. The Morgan fingerprint density at radius 1 is 0.778 bits per heavy atom. The van der Waals surface area contributed by atoms with E-state index in [0.29, 0.717) is 5.57 Å². The Kier molecular flexibility index (Phi) is 5.52. The molecule has 0 saturated carbocycles. The monoisotopic (exact) mass is 502 g/mol. The molecule has 0 aliphatic carbocycles. The lowest BCUT2D eigenvalue weighted by molar-refractivity contribution is 1.04. The number of nitrogens with zero attached hydrogens (tertiary/aromatic N) is 4. The number of aryl methyl sites for hydroxylation is 1. The molecule has 1 aliphatic heterocycles. The summed E-state index contributed by atoms with van der Waals surface area (Å²) in [6, 6.07) is 25.5. The van der Waals surface area contributed by atoms with Crippen molar-refractivity contribution < 1.29 is 0 Å². The highest BCUT2D eigenvalue weighted by Gasteiger charge is 2.20. The molecule has 0 fully saturated rings. The molecule has 3 heterocycles. The third kappa shape index (κ3) is 3.93. The minimum absolute atomic E-state index is 0.609. The van der Waals surface area contributed by atoms with Crippen LogP contribution in [0.2, 0.25) is 0 Å². The molecule has 0 amide bonds. The number of allylic oxidation sites excluding steroid dienone is 6. The second-order valence-corrected chi connectivity index (χ2v) is 11.1. The maximum atomic E-state index is 10.0. The van der Waals surface area contributed by atoms with Gasteiger partial charge in [-0.3, -0.25) is 0 Å². The van der Waals surface area contributed by atoms with E-state index in [0.717, 1.165) is 59.5 Å². The maximum absolute atomic E-state index is 10.0. The van der Waals surface area contributed by atoms with Crippen molar-refractivity contribution in [3.05, 3.63) is 106 Å². The lowest BCUT2D eigenvalue weighted by Gasteiger charge is -2.30. The standard InChI is InChI=1S/C30H22N4S2/c1-18-14-23(25(17-31)30-33-26-6-4-5-7-28(26)36-30)15-19(2)34(18)24-11-8-21(9-12-24)22-10-13-29-27(16-22)32-20(3)35-29/h4-16H,1-3H3. The fourth-order valence-electron chi connectivity index (χ4n) is 4.69. The van der Waals surface area contributed by atoms with Crippen molar-refractivity contribution in [2.45, 2.75) is 20.8 Å². The van der Waals surface area contributed by atoms with Gasteiger partial charge in [0.25, 0.3) is 0 Å². The topological polar surface area (TPSA) is 52.8 Å². The first kappa shape index (κ1) is 22.4. The predicted octanol–water partition coefficient (Wildman–Crippen LogP) is 8.49. The van der Waals surface area contributed by atoms with E-state index >= 15 is 0 Å². The quantitative estimate of drug-likeness (QED) is 0.232. The van der Waals surface area contributed by atoms with Crippen LogP contribution in [0.25, 0.3) is 37.1 Å². The molecule has 0 bridgehead atoms. The number of rotatable bonds is 3. The summed E-state index contributed by atoms with van der Waals surface area (Å²) >= 11 is 3.28. The molecule has 4 nitrogen and oxygen atoms in total. The number of nitriles is 1. The first-order valence-electron chi connectivity index (χ1n) is 11.6. The molecule has 0 N–H and O–H groups in total. The number of anilines is 1. The summed E-state index contributed by atoms with van der Waals surface area (Å²) in [6.07, 6.45) is 4.15. The zero-order valence-corrected chi connectivity index (χ0v) is 21.7. The third-order valence-electron chi connectivity index (χ3n) is 6.30. The Morgan fingerprint density at radius 2 is 1.47 bits per heavy atom. The molecule has 1 aliphatic rings. The van der Waals surface area contributed by atoms with Crippen LogP contribution < -0.4 is 4.90 Å². The van der Waals surface area contributed by atoms with E-state index in [2.05, 4.69) is 84.4 Å². The first-order valence-corrected chi connectivity index (χ1v) is 13.3. The van der Waals surface area contributed by atoms with E-state index < -0.39 is 0 Å². The molecule has 5 aromatic rings. The number of fused-ring (bicyclic) bond motifs is 2. The van der Waals surface area contributed by atoms with Crippen LogP contribution in [-0.4, -0.2) is 9.97 Å². The summed E-state index contributed by atoms with van der Waals surface area (Å²) in [5, 5.41) is 11.8. The fraction of sp³-hybridized carbons (Fsp3) is 0.100. The van der Waals surface area contributed by atoms with Gasteiger partial charge in [0, 0.05) is 17.1 Å². The lowest BCUT2D eigenvalue weighted by Crippen LogP contribution is -2.21. The van der Waals surface area contributed by atoms with Crippen LogP contribution in [0.15, 0.2) is 95.8 Å². The molecule has 0 radical (unpaired) electrons. The van der Waals surface area contributed by atoms with Gasteiger partial charge in [-0.1, -0.05) is 30.3 Å². The summed E-state index contributed by atoms with van der Waals surface area (Å²) in [4.78, 5) is 11.6. The SMILES string of the molecule is CC1=CC(=C(C#N)c2nc3ccccc3s2)C=C(C)N1c1ccc(-c2ccc3sc(C)nc3c2)cc1. The number of para-hydroxylation sites is 1. The zero-order valence-electron chi connectivity index (χ0n) is 20.1. The fourth-order valence-corrected chi connectivity index (χ4v) is 6.48. The number of benzene rings is 3. The van der Waals surface area contributed by atoms with E-state index in [4.69, 9.17) is 4.98 Å². The summed E-state index contributed by atoms with van der Waals surface area (Å²) in [5.41, 5.74) is 9.01. The molecule has 0 atom stereocenters. The van der Waals surface area contributed by atoms with Gasteiger partial charge in [0.15, 0.2) is 0 Å². The molecule has 3 aromatic carbocycles. The normalized spacial score (nSPS) is 13.6. The van der Waals surface area contributed by atoms with E-state index in [1.807, 2.05) is 31.2 Å². The van der Waals surface area contributed by atoms with Crippen molar-refractivity contribution >= 4 is 54.4 Å². The highest BCUT2D eigenvalue weighted by atomic mass is 32.1. The Balaban J connectivity index is 1.32. The summed E-state index contributed by atoms with van der Waals surface area (Å²) in [6.45, 7) is 6.20. The second kappa shape index (κ2) is 8.87. The summed E-state index contributed by atoms with van der Waals surface area (Å²) in [5.74, 6) is 0.